The van der Waals surface area contributed by atoms with Crippen LogP contribution in [-0.2, 0) is 6.42 Å². The van der Waals surface area contributed by atoms with Crippen molar-refractivity contribution in [2.75, 3.05) is 0 Å². The van der Waals surface area contributed by atoms with Crippen LogP contribution < -0.4 is 0 Å². The predicted molar refractivity (Wildman–Crippen MR) is 52.1 cm³/mol. The molecule has 0 saturated carbocycles. The van der Waals surface area contributed by atoms with E-state index < -0.39 is 0 Å². The molecule has 0 bridgehead atoms. The highest BCUT2D eigenvalue weighted by Gasteiger charge is 2.04. The van der Waals surface area contributed by atoms with E-state index in [4.69, 9.17) is 0 Å². The highest BCUT2D eigenvalue weighted by molar-refractivity contribution is 5.70. The smallest absolute Gasteiger partial charge is 0.0152 e. The third kappa shape index (κ3) is 1.10. The summed E-state index contributed by atoms with van der Waals surface area (Å²) in [4.78, 5) is 0. The van der Waals surface area contributed by atoms with Gasteiger partial charge in [0.1, 0.15) is 0 Å². The van der Waals surface area contributed by atoms with Crippen molar-refractivity contribution in [2.24, 2.45) is 0 Å². The molecule has 2 aliphatic carbocycles. The average Bonchev–Trinajstić information content (AvgIpc) is 2.33. The van der Waals surface area contributed by atoms with Crippen molar-refractivity contribution in [1.29, 1.82) is 0 Å². The Balaban J connectivity index is 2.64. The van der Waals surface area contributed by atoms with Crippen LogP contribution >= 0.6 is 0 Å². The van der Waals surface area contributed by atoms with Gasteiger partial charge in [-0.05, 0) is 30.0 Å². The first-order chi connectivity index (χ1) is 5.92. The molecule has 12 heavy (non-hydrogen) atoms. The van der Waals surface area contributed by atoms with Gasteiger partial charge in [-0.3, -0.25) is 0 Å². The Morgan fingerprint density at radius 2 is 1.75 bits per heavy atom. The fourth-order valence-corrected chi connectivity index (χ4v) is 1.50. The van der Waals surface area contributed by atoms with Crippen LogP contribution in [0.3, 0.4) is 0 Å². The Morgan fingerprint density at radius 1 is 0.917 bits per heavy atom. The molecule has 0 amide bonds. The molecule has 1 radical (unpaired) electrons. The molecular weight excluding hydrogens is 144 g/mol. The number of hydrogen-bond donors (Lipinski definition) is 0. The van der Waals surface area contributed by atoms with Gasteiger partial charge < -0.3 is 0 Å². The summed E-state index contributed by atoms with van der Waals surface area (Å²) >= 11 is 0. The number of hydrogen-bond acceptors (Lipinski definition) is 0. The Hall–Kier alpha value is -1.30. The molecule has 0 unspecified atom stereocenters. The Morgan fingerprint density at radius 3 is 2.58 bits per heavy atom. The zero-order valence-corrected chi connectivity index (χ0v) is 6.96. The lowest BCUT2D eigenvalue weighted by Crippen LogP contribution is -1.76. The molecule has 0 nitrogen and oxygen atoms in total. The van der Waals surface area contributed by atoms with Gasteiger partial charge in [0.05, 0.1) is 0 Å². The first-order valence-electron chi connectivity index (χ1n) is 4.17. The highest BCUT2D eigenvalue weighted by Crippen LogP contribution is 2.26. The van der Waals surface area contributed by atoms with Crippen LogP contribution in [0.2, 0.25) is 0 Å². The van der Waals surface area contributed by atoms with Crippen LogP contribution in [-0.4, -0.2) is 0 Å². The van der Waals surface area contributed by atoms with E-state index >= 15 is 0 Å². The summed E-state index contributed by atoms with van der Waals surface area (Å²) in [6.45, 7) is 3.90. The highest BCUT2D eigenvalue weighted by atomic mass is 14.1. The van der Waals surface area contributed by atoms with E-state index in [1.807, 2.05) is 6.07 Å². The Bertz CT molecular complexity index is 349. The largest absolute Gasteiger partial charge is 0.0622 e. The van der Waals surface area contributed by atoms with E-state index in [-0.39, 0.29) is 0 Å². The second-order valence-corrected chi connectivity index (χ2v) is 2.89. The van der Waals surface area contributed by atoms with Crippen LogP contribution in [0.4, 0.5) is 0 Å². The predicted octanol–water partition coefficient (Wildman–Crippen LogP) is 3.17. The molecule has 0 fully saturated rings. The monoisotopic (exact) mass is 155 g/mol. The maximum atomic E-state index is 3.90. The van der Waals surface area contributed by atoms with Gasteiger partial charge in [0.15, 0.2) is 0 Å². The van der Waals surface area contributed by atoms with Gasteiger partial charge in [-0.25, -0.2) is 0 Å². The molecule has 59 valence electrons. The normalized spacial score (nSPS) is 10.4. The topological polar surface area (TPSA) is 0 Å². The summed E-state index contributed by atoms with van der Waals surface area (Å²) in [7, 11) is 0. The Labute approximate surface area is 73.2 Å². The van der Waals surface area contributed by atoms with Crippen LogP contribution in [0, 0.1) is 6.92 Å². The molecule has 0 atom stereocenters. The van der Waals surface area contributed by atoms with Crippen LogP contribution in [0.25, 0.3) is 11.1 Å². The first kappa shape index (κ1) is 7.35. The van der Waals surface area contributed by atoms with Gasteiger partial charge in [-0.15, -0.1) is 0 Å². The molecule has 0 N–H and O–H groups in total. The molecule has 0 heteroatoms. The summed E-state index contributed by atoms with van der Waals surface area (Å²) in [6.07, 6.45) is 0.869. The lowest BCUT2D eigenvalue weighted by atomic mass is 10.1. The maximum absolute atomic E-state index is 3.90. The van der Waals surface area contributed by atoms with E-state index in [1.54, 1.807) is 0 Å². The molecule has 2 rings (SSSR count). The first-order valence-corrected chi connectivity index (χ1v) is 4.17. The molecule has 0 spiro atoms. The van der Waals surface area contributed by atoms with E-state index in [0.717, 1.165) is 6.42 Å². The van der Waals surface area contributed by atoms with Crippen molar-refractivity contribution in [3.05, 3.63) is 55.0 Å². The lowest BCUT2D eigenvalue weighted by Gasteiger charge is -1.95. The molecular formula is C12H11. The average molecular weight is 155 g/mol. The summed E-state index contributed by atoms with van der Waals surface area (Å²) in [5.41, 5.74) is 3.97. The van der Waals surface area contributed by atoms with Crippen LogP contribution in [0.5, 0.6) is 0 Å². The van der Waals surface area contributed by atoms with E-state index in [1.165, 1.54) is 16.7 Å². The maximum Gasteiger partial charge on any atom is -0.0152 e. The fraction of sp³-hybridized carbons (Fsp3) is 0.0833. The zero-order chi connectivity index (χ0) is 8.39. The van der Waals surface area contributed by atoms with Gasteiger partial charge in [-0.1, -0.05) is 42.5 Å². The van der Waals surface area contributed by atoms with Gasteiger partial charge >= 0.3 is 0 Å². The summed E-state index contributed by atoms with van der Waals surface area (Å²) in [5, 5.41) is 0. The Kier molecular flexibility index (Phi) is 1.83. The third-order valence-electron chi connectivity index (χ3n) is 2.15. The molecule has 0 heterocycles. The van der Waals surface area contributed by atoms with Crippen molar-refractivity contribution in [2.45, 2.75) is 6.42 Å². The van der Waals surface area contributed by atoms with Crippen molar-refractivity contribution < 1.29 is 0 Å². The number of fused-ring (bicyclic) bond motifs is 1. The number of rotatable bonds is 1. The molecule has 0 aliphatic heterocycles. The van der Waals surface area contributed by atoms with Gasteiger partial charge in [0.25, 0.3) is 0 Å². The molecule has 2 aliphatic rings. The van der Waals surface area contributed by atoms with E-state index in [9.17, 15) is 0 Å². The third-order valence-corrected chi connectivity index (χ3v) is 2.15. The van der Waals surface area contributed by atoms with Crippen LogP contribution in [0.1, 0.15) is 5.56 Å². The van der Waals surface area contributed by atoms with Crippen molar-refractivity contribution in [3.63, 3.8) is 0 Å². The van der Waals surface area contributed by atoms with Crippen molar-refractivity contribution in [3.8, 4) is 11.1 Å². The zero-order valence-electron chi connectivity index (χ0n) is 6.96. The van der Waals surface area contributed by atoms with Crippen LogP contribution in [0.15, 0.2) is 42.5 Å². The molecule has 0 aromatic heterocycles. The molecule has 0 aromatic carbocycles. The molecule has 0 saturated heterocycles. The van der Waals surface area contributed by atoms with E-state index in [0.29, 0.717) is 0 Å². The quantitative estimate of drug-likeness (QED) is 0.593. The van der Waals surface area contributed by atoms with Gasteiger partial charge in [0.2, 0.25) is 0 Å². The summed E-state index contributed by atoms with van der Waals surface area (Å²) in [5.74, 6) is 0. The minimum absolute atomic E-state index is 0.869. The molecule has 0 aromatic rings. The summed E-state index contributed by atoms with van der Waals surface area (Å²) in [6, 6.07) is 14.8. The van der Waals surface area contributed by atoms with Gasteiger partial charge in [0, 0.05) is 0 Å². The minimum Gasteiger partial charge on any atom is -0.0622 e. The minimum atomic E-state index is 0.869. The summed E-state index contributed by atoms with van der Waals surface area (Å²) < 4.78 is 0. The standard InChI is InChI=1S/C12H11/c1-2-10-8-9-11-6-4-3-5-7-12(10)11/h3-9H,1-2H2. The van der Waals surface area contributed by atoms with Gasteiger partial charge in [-0.2, -0.15) is 0 Å². The fourth-order valence-electron chi connectivity index (χ4n) is 1.50. The second-order valence-electron chi connectivity index (χ2n) is 2.89. The van der Waals surface area contributed by atoms with E-state index in [2.05, 4.69) is 43.3 Å². The SMILES string of the molecule is [CH2]Cc1ccc2cccccc1-2. The van der Waals surface area contributed by atoms with Crippen molar-refractivity contribution >= 4 is 0 Å². The second kappa shape index (κ2) is 2.98. The van der Waals surface area contributed by atoms with Crippen molar-refractivity contribution in [1.82, 2.24) is 0 Å². The lowest BCUT2D eigenvalue weighted by molar-refractivity contribution is 1.30.